The molecule has 0 fully saturated rings. The summed E-state index contributed by atoms with van der Waals surface area (Å²) in [6.07, 6.45) is 0. The largest absolute Gasteiger partial charge is 0.459 e. The van der Waals surface area contributed by atoms with Crippen molar-refractivity contribution >= 4 is 46.4 Å². The molecule has 0 saturated carbocycles. The van der Waals surface area contributed by atoms with E-state index >= 15 is 0 Å². The first-order valence-corrected chi connectivity index (χ1v) is 11.9. The number of carbonyl (C=O) groups is 4. The standard InChI is InChI=1S/C22H26N2O6S2/c1-11(2)13-9-29-21(27)17-7-8-18(32-17)22(28)30-10-14(12(3)4)24-20(26)16-6-5-15(31-16)19(25)23-13/h5-8,11-14H,9-10H2,1-4H3,(H,23,25)(H,24,26). The molecule has 0 aliphatic carbocycles. The molecule has 2 N–H and O–H groups in total. The van der Waals surface area contributed by atoms with Crippen molar-refractivity contribution in [3.8, 4) is 0 Å². The predicted octanol–water partition coefficient (Wildman–Crippen LogP) is 3.35. The molecular formula is C22H26N2O6S2. The number of esters is 2. The number of cyclic esters (lactones) is 2. The molecule has 2 aromatic heterocycles. The van der Waals surface area contributed by atoms with Crippen molar-refractivity contribution in [2.24, 2.45) is 11.8 Å². The molecule has 3 rings (SSSR count). The zero-order valence-corrected chi connectivity index (χ0v) is 19.9. The Labute approximate surface area is 194 Å². The van der Waals surface area contributed by atoms with Crippen molar-refractivity contribution in [2.45, 2.75) is 39.8 Å². The first-order valence-electron chi connectivity index (χ1n) is 10.3. The molecule has 0 aromatic carbocycles. The second-order valence-electron chi connectivity index (χ2n) is 8.17. The average molecular weight is 479 g/mol. The third-order valence-corrected chi connectivity index (χ3v) is 7.22. The number of amides is 2. The third kappa shape index (κ3) is 5.74. The van der Waals surface area contributed by atoms with Crippen LogP contribution in [0, 0.1) is 11.8 Å². The molecule has 0 spiro atoms. The van der Waals surface area contributed by atoms with E-state index in [-0.39, 0.29) is 46.6 Å². The van der Waals surface area contributed by atoms with E-state index in [2.05, 4.69) is 10.6 Å². The number of carbonyl (C=O) groups excluding carboxylic acids is 4. The maximum Gasteiger partial charge on any atom is 0.348 e. The molecule has 1 aliphatic heterocycles. The summed E-state index contributed by atoms with van der Waals surface area (Å²) in [6, 6.07) is 5.36. The highest BCUT2D eigenvalue weighted by molar-refractivity contribution is 7.16. The fraction of sp³-hybridized carbons (Fsp3) is 0.455. The number of nitrogens with one attached hydrogen (secondary N) is 2. The minimum atomic E-state index is -0.569. The van der Waals surface area contributed by atoms with Crippen molar-refractivity contribution in [1.29, 1.82) is 0 Å². The molecule has 2 atom stereocenters. The van der Waals surface area contributed by atoms with E-state index in [1.807, 2.05) is 27.7 Å². The van der Waals surface area contributed by atoms with Gasteiger partial charge in [0.25, 0.3) is 11.8 Å². The second kappa shape index (κ2) is 10.3. The molecule has 2 amide bonds. The Bertz CT molecular complexity index is 935. The van der Waals surface area contributed by atoms with Gasteiger partial charge in [0, 0.05) is 0 Å². The molecule has 2 unspecified atom stereocenters. The third-order valence-electron chi connectivity index (χ3n) is 5.09. The van der Waals surface area contributed by atoms with Crippen LogP contribution in [0.15, 0.2) is 24.3 Å². The van der Waals surface area contributed by atoms with Crippen molar-refractivity contribution in [3.05, 3.63) is 43.8 Å². The number of fused-ring (bicyclic) bond motifs is 4. The summed E-state index contributed by atoms with van der Waals surface area (Å²) in [7, 11) is 0. The monoisotopic (exact) mass is 478 g/mol. The van der Waals surface area contributed by atoms with Gasteiger partial charge in [0.05, 0.1) is 21.8 Å². The Morgan fingerprint density at radius 1 is 0.688 bits per heavy atom. The van der Waals surface area contributed by atoms with Crippen molar-refractivity contribution in [1.82, 2.24) is 10.6 Å². The van der Waals surface area contributed by atoms with E-state index in [4.69, 9.17) is 9.47 Å². The highest BCUT2D eigenvalue weighted by atomic mass is 32.1. The van der Waals surface area contributed by atoms with Crippen LogP contribution in [0.5, 0.6) is 0 Å². The van der Waals surface area contributed by atoms with E-state index in [0.29, 0.717) is 9.75 Å². The topological polar surface area (TPSA) is 111 Å². The highest BCUT2D eigenvalue weighted by Crippen LogP contribution is 2.21. The van der Waals surface area contributed by atoms with Crippen LogP contribution in [0.4, 0.5) is 0 Å². The SMILES string of the molecule is CC(C)C1COC(=O)c2ccc(s2)C(=O)OCC(C(C)C)NC(=O)c2ccc(s2)C(=O)N1. The zero-order chi connectivity index (χ0) is 23.4. The van der Waals surface area contributed by atoms with E-state index in [1.165, 1.54) is 12.1 Å². The average Bonchev–Trinajstić information content (AvgIpc) is 3.42. The molecule has 172 valence electrons. The molecule has 3 heterocycles. The number of ether oxygens (including phenoxy) is 2. The van der Waals surface area contributed by atoms with E-state index in [0.717, 1.165) is 22.7 Å². The summed E-state index contributed by atoms with van der Waals surface area (Å²) in [6.45, 7) is 7.59. The van der Waals surface area contributed by atoms with Gasteiger partial charge < -0.3 is 20.1 Å². The molecule has 0 radical (unpaired) electrons. The Balaban J connectivity index is 1.89. The molecular weight excluding hydrogens is 452 g/mol. The summed E-state index contributed by atoms with van der Waals surface area (Å²) < 4.78 is 10.8. The van der Waals surface area contributed by atoms with Gasteiger partial charge in [-0.2, -0.15) is 0 Å². The summed E-state index contributed by atoms with van der Waals surface area (Å²) in [5.41, 5.74) is 0. The highest BCUT2D eigenvalue weighted by Gasteiger charge is 2.25. The van der Waals surface area contributed by atoms with E-state index < -0.39 is 24.0 Å². The fourth-order valence-corrected chi connectivity index (χ4v) is 4.50. The van der Waals surface area contributed by atoms with Gasteiger partial charge in [0.15, 0.2) is 0 Å². The number of thiophene rings is 2. The van der Waals surface area contributed by atoms with Gasteiger partial charge in [-0.05, 0) is 36.1 Å². The van der Waals surface area contributed by atoms with Gasteiger partial charge in [-0.25, -0.2) is 9.59 Å². The second-order valence-corrected chi connectivity index (χ2v) is 10.3. The van der Waals surface area contributed by atoms with Crippen molar-refractivity contribution in [2.75, 3.05) is 13.2 Å². The molecule has 0 saturated heterocycles. The first-order chi connectivity index (χ1) is 15.2. The van der Waals surface area contributed by atoms with Crippen LogP contribution < -0.4 is 10.6 Å². The van der Waals surface area contributed by atoms with Crippen molar-refractivity contribution in [3.63, 3.8) is 0 Å². The van der Waals surface area contributed by atoms with Crippen LogP contribution in [0.25, 0.3) is 0 Å². The number of hydrogen-bond donors (Lipinski definition) is 2. The maximum atomic E-state index is 12.7. The smallest absolute Gasteiger partial charge is 0.348 e. The number of rotatable bonds is 2. The Hall–Kier alpha value is -2.72. The van der Waals surface area contributed by atoms with Gasteiger partial charge in [-0.15, -0.1) is 22.7 Å². The Morgan fingerprint density at radius 3 is 1.41 bits per heavy atom. The summed E-state index contributed by atoms with van der Waals surface area (Å²) in [5, 5.41) is 5.75. The van der Waals surface area contributed by atoms with Crippen LogP contribution in [-0.2, 0) is 9.47 Å². The summed E-state index contributed by atoms with van der Waals surface area (Å²) in [4.78, 5) is 51.6. The normalized spacial score (nSPS) is 20.8. The lowest BCUT2D eigenvalue weighted by Crippen LogP contribution is -2.42. The lowest BCUT2D eigenvalue weighted by Gasteiger charge is -2.22. The summed E-state index contributed by atoms with van der Waals surface area (Å²) >= 11 is 2.05. The minimum Gasteiger partial charge on any atom is -0.459 e. The van der Waals surface area contributed by atoms with Gasteiger partial charge in [0.1, 0.15) is 23.0 Å². The molecule has 4 bridgehead atoms. The van der Waals surface area contributed by atoms with Gasteiger partial charge in [-0.3, -0.25) is 9.59 Å². The Kier molecular flexibility index (Phi) is 7.68. The number of hydrogen-bond acceptors (Lipinski definition) is 8. The van der Waals surface area contributed by atoms with E-state index in [1.54, 1.807) is 12.1 Å². The van der Waals surface area contributed by atoms with Gasteiger partial charge in [0.2, 0.25) is 0 Å². The minimum absolute atomic E-state index is 0.000696. The molecule has 10 heteroatoms. The first kappa shape index (κ1) is 23.9. The predicted molar refractivity (Wildman–Crippen MR) is 121 cm³/mol. The quantitative estimate of drug-likeness (QED) is 0.641. The summed E-state index contributed by atoms with van der Waals surface area (Å²) in [5.74, 6) is -1.81. The Morgan fingerprint density at radius 2 is 1.03 bits per heavy atom. The van der Waals surface area contributed by atoms with Crippen molar-refractivity contribution < 1.29 is 28.7 Å². The van der Waals surface area contributed by atoms with Crippen LogP contribution >= 0.6 is 22.7 Å². The molecule has 2 aromatic rings. The van der Waals surface area contributed by atoms with Crippen LogP contribution in [0.1, 0.15) is 66.4 Å². The van der Waals surface area contributed by atoms with Gasteiger partial charge in [-0.1, -0.05) is 27.7 Å². The lowest BCUT2D eigenvalue weighted by atomic mass is 10.1. The van der Waals surface area contributed by atoms with E-state index in [9.17, 15) is 19.2 Å². The van der Waals surface area contributed by atoms with Crippen LogP contribution in [-0.4, -0.2) is 49.1 Å². The molecule has 1 aliphatic rings. The van der Waals surface area contributed by atoms with Crippen LogP contribution in [0.3, 0.4) is 0 Å². The van der Waals surface area contributed by atoms with Gasteiger partial charge >= 0.3 is 11.9 Å². The maximum absolute atomic E-state index is 12.7. The van der Waals surface area contributed by atoms with Crippen LogP contribution in [0.2, 0.25) is 0 Å². The lowest BCUT2D eigenvalue weighted by molar-refractivity contribution is 0.0434. The fourth-order valence-electron chi connectivity index (χ4n) is 2.89. The molecule has 8 nitrogen and oxygen atoms in total. The zero-order valence-electron chi connectivity index (χ0n) is 18.3. The molecule has 32 heavy (non-hydrogen) atoms.